The minimum absolute atomic E-state index is 0. The predicted molar refractivity (Wildman–Crippen MR) is 129 cm³/mol. The van der Waals surface area contributed by atoms with E-state index in [4.69, 9.17) is 14.2 Å². The van der Waals surface area contributed by atoms with Crippen molar-refractivity contribution in [3.05, 3.63) is 17.6 Å². The van der Waals surface area contributed by atoms with Gasteiger partial charge in [0.2, 0.25) is 6.10 Å². The zero-order valence-electron chi connectivity index (χ0n) is 23.0. The maximum absolute atomic E-state index is 13.4. The molecule has 2 heterocycles. The van der Waals surface area contributed by atoms with E-state index < -0.39 is 82.4 Å². The first-order chi connectivity index (χ1) is 17.2. The Bertz CT molecular complexity index is 1040. The second-order valence-electron chi connectivity index (χ2n) is 12.4. The van der Waals surface area contributed by atoms with Gasteiger partial charge in [0.25, 0.3) is 5.97 Å². The van der Waals surface area contributed by atoms with Crippen molar-refractivity contribution in [2.75, 3.05) is 6.61 Å². The van der Waals surface area contributed by atoms with Gasteiger partial charge in [0, 0.05) is 55.4 Å². The summed E-state index contributed by atoms with van der Waals surface area (Å²) in [5.41, 5.74) is -1.54. The minimum atomic E-state index is -2.07. The van der Waals surface area contributed by atoms with Crippen molar-refractivity contribution in [2.45, 2.75) is 91.0 Å². The number of aliphatic hydroxyl groups excluding tert-OH is 2. The molecule has 2 bridgehead atoms. The molecule has 0 aromatic rings. The molecular weight excluding hydrogens is 569 g/mol. The largest absolute Gasteiger partial charge is 0.459 e. The van der Waals surface area contributed by atoms with Crippen LogP contribution in [0.2, 0.25) is 0 Å². The molecule has 38 heavy (non-hydrogen) atoms. The monoisotopic (exact) mass is 608 g/mol. The van der Waals surface area contributed by atoms with Crippen LogP contribution in [0.25, 0.3) is 0 Å². The van der Waals surface area contributed by atoms with Gasteiger partial charge >= 0.3 is 5.97 Å². The van der Waals surface area contributed by atoms with E-state index in [2.05, 4.69) is 0 Å². The Hall–Kier alpha value is -0.706. The number of fused-ring (bicyclic) bond motifs is 1. The molecule has 1 radical (unpaired) electrons. The molecule has 9 nitrogen and oxygen atoms in total. The van der Waals surface area contributed by atoms with E-state index in [1.165, 1.54) is 6.08 Å². The smallest absolute Gasteiger partial charge is 0.348 e. The summed E-state index contributed by atoms with van der Waals surface area (Å²) in [6.45, 7) is 11.2. The Morgan fingerprint density at radius 1 is 1.29 bits per heavy atom. The Morgan fingerprint density at radius 2 is 1.95 bits per heavy atom. The average molecular weight is 609 g/mol. The third-order valence-corrected chi connectivity index (χ3v) is 10.5. The number of carbonyl (C=O) groups excluding carboxylic acids is 3. The van der Waals surface area contributed by atoms with E-state index in [9.17, 15) is 29.7 Å². The summed E-state index contributed by atoms with van der Waals surface area (Å²) in [5.74, 6) is -5.35. The second kappa shape index (κ2) is 9.98. The van der Waals surface area contributed by atoms with Crippen molar-refractivity contribution in [2.24, 2.45) is 40.4 Å². The summed E-state index contributed by atoms with van der Waals surface area (Å²) in [6.07, 6.45) is -2.38. The van der Waals surface area contributed by atoms with Crippen molar-refractivity contribution < 1.29 is 76.6 Å². The molecule has 0 aromatic heterocycles. The molecule has 2 aliphatic heterocycles. The molecule has 0 unspecified atom stereocenters. The molecule has 0 aromatic carbocycles. The molecule has 4 fully saturated rings. The number of esters is 2. The number of ether oxygens (including phenoxy) is 3. The summed E-state index contributed by atoms with van der Waals surface area (Å²) in [4.78, 5) is 39.3. The van der Waals surface area contributed by atoms with Gasteiger partial charge in [-0.2, -0.15) is 12.3 Å². The number of carbonyl (C=O) groups is 3. The van der Waals surface area contributed by atoms with Crippen molar-refractivity contribution in [1.29, 1.82) is 0 Å². The molecule has 5 rings (SSSR count). The molecule has 2 saturated heterocycles. The summed E-state index contributed by atoms with van der Waals surface area (Å²) in [5, 5.41) is 34.6. The number of ketones is 1. The summed E-state index contributed by atoms with van der Waals surface area (Å²) in [7, 11) is 0. The Kier molecular flexibility index (Phi) is 7.95. The number of hydrogen-bond acceptors (Lipinski definition) is 9. The van der Waals surface area contributed by atoms with E-state index >= 15 is 0 Å². The summed E-state index contributed by atoms with van der Waals surface area (Å²) in [6, 6.07) is 0. The van der Waals surface area contributed by atoms with Crippen LogP contribution < -0.4 is 0 Å². The van der Waals surface area contributed by atoms with Gasteiger partial charge in [-0.15, -0.1) is 0 Å². The van der Waals surface area contributed by atoms with E-state index in [0.717, 1.165) is 11.5 Å². The van der Waals surface area contributed by atoms with Crippen LogP contribution in [-0.2, 0) is 61.3 Å². The number of aliphatic hydroxyl groups is 3. The van der Waals surface area contributed by atoms with Crippen molar-refractivity contribution in [3.8, 4) is 0 Å². The molecule has 5 aliphatic rings. The third-order valence-electron chi connectivity index (χ3n) is 10.5. The zero-order valence-corrected chi connectivity index (χ0v) is 25.8. The van der Waals surface area contributed by atoms with Gasteiger partial charge in [0.1, 0.15) is 18.3 Å². The quantitative estimate of drug-likeness (QED) is 0.315. The Balaban J connectivity index is 0.00000336. The maximum Gasteiger partial charge on any atom is 0.348 e. The van der Waals surface area contributed by atoms with E-state index in [1.807, 2.05) is 20.8 Å². The van der Waals surface area contributed by atoms with Crippen LogP contribution in [0.1, 0.15) is 60.8 Å². The first kappa shape index (κ1) is 30.3. The van der Waals surface area contributed by atoms with Crippen molar-refractivity contribution >= 4 is 17.7 Å². The van der Waals surface area contributed by atoms with Crippen molar-refractivity contribution in [3.63, 3.8) is 0 Å². The average Bonchev–Trinajstić information content (AvgIpc) is 3.12. The second-order valence-corrected chi connectivity index (χ2v) is 12.4. The van der Waals surface area contributed by atoms with E-state index in [0.29, 0.717) is 12.8 Å². The van der Waals surface area contributed by atoms with Gasteiger partial charge in [0.05, 0.1) is 6.61 Å². The first-order valence-electron chi connectivity index (χ1n) is 13.4. The van der Waals surface area contributed by atoms with Gasteiger partial charge in [-0.25, -0.2) is 4.79 Å². The topological polar surface area (TPSA) is 140 Å². The standard InChI is InChI=1S/C28H39O9.Y/c1-7-15(12(2)3)9-19(30)37-21-20-14(5)22(31)28(34)25-26(6)16(13(4)8-17(29)23(26)32)10-18(36-24(21)33)27(20,25)11-35-28;/h8,12,14,16,18,20-23,25,31-32,34H,7,9-11H2,1-6H3;/q-1;/t14-,16+,18-,20-,21-,22-,23-,25-,26-,27+,28+;/m1./s1. The number of rotatable bonds is 5. The molecule has 3 N–H and O–H groups in total. The van der Waals surface area contributed by atoms with Crippen LogP contribution in [0.3, 0.4) is 0 Å². The first-order valence-corrected chi connectivity index (χ1v) is 13.4. The van der Waals surface area contributed by atoms with Gasteiger partial charge in [-0.1, -0.05) is 46.6 Å². The fourth-order valence-corrected chi connectivity index (χ4v) is 8.84. The van der Waals surface area contributed by atoms with Gasteiger partial charge in [-0.05, 0) is 31.3 Å². The molecule has 2 saturated carbocycles. The Morgan fingerprint density at radius 3 is 2.55 bits per heavy atom. The van der Waals surface area contributed by atoms with E-state index in [1.54, 1.807) is 20.8 Å². The van der Waals surface area contributed by atoms with Crippen LogP contribution in [0.4, 0.5) is 0 Å². The van der Waals surface area contributed by atoms with Gasteiger partial charge < -0.3 is 35.4 Å². The fourth-order valence-electron chi connectivity index (χ4n) is 8.84. The molecular formula is C28H39O9Y-. The summed E-state index contributed by atoms with van der Waals surface area (Å²) >= 11 is 0. The van der Waals surface area contributed by atoms with E-state index in [-0.39, 0.29) is 51.7 Å². The van der Waals surface area contributed by atoms with Gasteiger partial charge in [-0.3, -0.25) is 9.59 Å². The van der Waals surface area contributed by atoms with Crippen LogP contribution in [0.15, 0.2) is 11.6 Å². The molecule has 209 valence electrons. The van der Waals surface area contributed by atoms with Crippen LogP contribution in [0.5, 0.6) is 0 Å². The normalized spacial score (nSPS) is 47.1. The van der Waals surface area contributed by atoms with Crippen LogP contribution in [-0.4, -0.2) is 69.9 Å². The Labute approximate surface area is 248 Å². The maximum atomic E-state index is 13.4. The molecule has 0 amide bonds. The minimum Gasteiger partial charge on any atom is -0.459 e. The molecule has 11 atom stereocenters. The molecule has 10 heteroatoms. The molecule has 1 spiro atoms. The molecule has 3 aliphatic carbocycles. The predicted octanol–water partition coefficient (Wildman–Crippen LogP) is 1.72. The van der Waals surface area contributed by atoms with Gasteiger partial charge in [0.15, 0.2) is 11.6 Å². The number of hydrogen-bond donors (Lipinski definition) is 3. The zero-order chi connectivity index (χ0) is 27.2. The number of allylic oxidation sites excluding steroid dienone is 1. The third kappa shape index (κ3) is 3.82. The van der Waals surface area contributed by atoms with Crippen molar-refractivity contribution in [1.82, 2.24) is 0 Å². The fraction of sp³-hybridized carbons (Fsp3) is 0.786. The SMILES string of the molecule is CC[C-](CC(=O)O[C@H]1C(=O)O[C@@H]2C[C@H]3C(C)=CC(=O)[C@@H](O)[C@]3(C)[C@H]3[C@@]4(O)OC[C@]32[C@@H]1[C@@H](C)[C@H]4O)C(C)C.[Y]. The van der Waals surface area contributed by atoms with Crippen LogP contribution >= 0.6 is 0 Å². The summed E-state index contributed by atoms with van der Waals surface area (Å²) < 4.78 is 17.8. The van der Waals surface area contributed by atoms with Crippen LogP contribution in [0, 0.1) is 46.3 Å².